The van der Waals surface area contributed by atoms with Gasteiger partial charge in [-0.15, -0.1) is 0 Å². The topological polar surface area (TPSA) is 78.4 Å². The summed E-state index contributed by atoms with van der Waals surface area (Å²) in [6, 6.07) is 10.3. The van der Waals surface area contributed by atoms with Gasteiger partial charge in [-0.2, -0.15) is 0 Å². The molecule has 3 rings (SSSR count). The predicted octanol–water partition coefficient (Wildman–Crippen LogP) is 5.16. The van der Waals surface area contributed by atoms with Crippen molar-refractivity contribution in [3.05, 3.63) is 47.0 Å². The molecule has 0 bridgehead atoms. The monoisotopic (exact) mass is 529 g/mol. The van der Waals surface area contributed by atoms with Gasteiger partial charge in [-0.3, -0.25) is 0 Å². The summed E-state index contributed by atoms with van der Waals surface area (Å²) < 4.78 is 27.5. The van der Waals surface area contributed by atoms with Crippen LogP contribution in [0, 0.1) is 5.92 Å². The highest BCUT2D eigenvalue weighted by atomic mass is 16.5. The minimum atomic E-state index is -0.751. The van der Waals surface area contributed by atoms with E-state index in [4.69, 9.17) is 23.7 Å². The van der Waals surface area contributed by atoms with Gasteiger partial charge in [0.05, 0.1) is 33.5 Å². The Bertz CT molecular complexity index is 1010. The van der Waals surface area contributed by atoms with Gasteiger partial charge >= 0.3 is 0 Å². The summed E-state index contributed by atoms with van der Waals surface area (Å²) in [5.41, 5.74) is 2.91. The van der Waals surface area contributed by atoms with E-state index in [1.807, 2.05) is 6.07 Å². The lowest BCUT2D eigenvalue weighted by atomic mass is 9.66. The van der Waals surface area contributed by atoms with Gasteiger partial charge in [0, 0.05) is 26.1 Å². The van der Waals surface area contributed by atoms with Crippen LogP contribution in [0.5, 0.6) is 23.0 Å². The third-order valence-corrected chi connectivity index (χ3v) is 7.59. The summed E-state index contributed by atoms with van der Waals surface area (Å²) >= 11 is 0. The summed E-state index contributed by atoms with van der Waals surface area (Å²) in [6.07, 6.45) is 5.08. The van der Waals surface area contributed by atoms with Crippen molar-refractivity contribution in [3.63, 3.8) is 0 Å². The molecule has 2 unspecified atom stereocenters. The van der Waals surface area contributed by atoms with E-state index in [2.05, 4.69) is 43.4 Å². The minimum absolute atomic E-state index is 0.0504. The van der Waals surface area contributed by atoms with Crippen molar-refractivity contribution in [1.29, 1.82) is 0 Å². The van der Waals surface area contributed by atoms with E-state index < -0.39 is 5.60 Å². The zero-order valence-electron chi connectivity index (χ0n) is 24.1. The third kappa shape index (κ3) is 7.55. The van der Waals surface area contributed by atoms with E-state index in [0.717, 1.165) is 68.2 Å². The van der Waals surface area contributed by atoms with Crippen LogP contribution < -0.4 is 24.3 Å². The zero-order valence-corrected chi connectivity index (χ0v) is 24.1. The van der Waals surface area contributed by atoms with E-state index >= 15 is 0 Å². The van der Waals surface area contributed by atoms with Crippen LogP contribution in [-0.4, -0.2) is 65.5 Å². The largest absolute Gasteiger partial charge is 0.493 e. The normalized spacial score (nSPS) is 18.8. The molecule has 0 radical (unpaired) electrons. The van der Waals surface area contributed by atoms with Gasteiger partial charge in [0.1, 0.15) is 0 Å². The van der Waals surface area contributed by atoms with Gasteiger partial charge in [0.25, 0.3) is 0 Å². The predicted molar refractivity (Wildman–Crippen MR) is 151 cm³/mol. The number of ether oxygens (including phenoxy) is 5. The van der Waals surface area contributed by atoms with E-state index in [-0.39, 0.29) is 5.92 Å². The van der Waals surface area contributed by atoms with Gasteiger partial charge in [-0.1, -0.05) is 19.9 Å². The van der Waals surface area contributed by atoms with Crippen LogP contribution in [0.4, 0.5) is 0 Å². The maximum Gasteiger partial charge on any atom is 0.161 e. The number of hydrogen-bond acceptors (Lipinski definition) is 7. The first kappa shape index (κ1) is 30.1. The van der Waals surface area contributed by atoms with Crippen LogP contribution in [-0.2, 0) is 17.6 Å². The molecule has 7 nitrogen and oxygen atoms in total. The molecule has 0 fully saturated rings. The summed E-state index contributed by atoms with van der Waals surface area (Å²) in [4.78, 5) is 0. The van der Waals surface area contributed by atoms with Crippen molar-refractivity contribution in [2.24, 2.45) is 5.92 Å². The maximum atomic E-state index is 11.8. The molecular formula is C31H47NO6. The Labute approximate surface area is 228 Å². The number of aliphatic hydroxyl groups is 1. The van der Waals surface area contributed by atoms with Crippen molar-refractivity contribution in [3.8, 4) is 23.0 Å². The van der Waals surface area contributed by atoms with Crippen molar-refractivity contribution < 1.29 is 28.8 Å². The maximum absolute atomic E-state index is 11.8. The van der Waals surface area contributed by atoms with Crippen LogP contribution in [0.3, 0.4) is 0 Å². The van der Waals surface area contributed by atoms with Crippen molar-refractivity contribution in [1.82, 2.24) is 5.32 Å². The van der Waals surface area contributed by atoms with E-state index in [9.17, 15) is 5.11 Å². The minimum Gasteiger partial charge on any atom is -0.493 e. The molecule has 1 aliphatic rings. The van der Waals surface area contributed by atoms with Crippen LogP contribution >= 0.6 is 0 Å². The van der Waals surface area contributed by atoms with Gasteiger partial charge in [-0.25, -0.2) is 0 Å². The van der Waals surface area contributed by atoms with Gasteiger partial charge in [-0.05, 0) is 92.1 Å². The molecule has 0 heterocycles. The molecule has 2 aromatic rings. The fourth-order valence-corrected chi connectivity index (χ4v) is 5.72. The molecule has 1 aliphatic carbocycles. The fraction of sp³-hybridized carbons (Fsp3) is 0.613. The summed E-state index contributed by atoms with van der Waals surface area (Å²) in [5, 5.41) is 15.4. The Morgan fingerprint density at radius 1 is 0.895 bits per heavy atom. The molecule has 0 aliphatic heterocycles. The number of fused-ring (bicyclic) bond motifs is 1. The molecule has 0 saturated heterocycles. The standard InChI is InChI=1S/C31H47NO6/c1-22(2)30-25-21-28(37-6)27(36-5)20-24(25)12-13-31(30,33)14-16-32-15-7-9-23-10-11-26(35-4)29(19-23)38-18-8-17-34-3/h10-11,19-22,30,32-33H,7-9,12-18H2,1-6H3. The van der Waals surface area contributed by atoms with Gasteiger partial charge < -0.3 is 34.1 Å². The molecule has 0 aromatic heterocycles. The molecule has 0 saturated carbocycles. The number of rotatable bonds is 16. The summed E-state index contributed by atoms with van der Waals surface area (Å²) in [5.74, 6) is 3.36. The van der Waals surface area contributed by atoms with E-state index in [1.165, 1.54) is 16.7 Å². The molecule has 2 atom stereocenters. The van der Waals surface area contributed by atoms with E-state index in [1.54, 1.807) is 28.4 Å². The highest BCUT2D eigenvalue weighted by molar-refractivity contribution is 5.50. The molecule has 7 heteroatoms. The highest BCUT2D eigenvalue weighted by Gasteiger charge is 2.43. The first-order chi connectivity index (χ1) is 18.4. The van der Waals surface area contributed by atoms with Crippen molar-refractivity contribution in [2.45, 2.75) is 63.9 Å². The summed E-state index contributed by atoms with van der Waals surface area (Å²) in [6.45, 7) is 7.33. The second-order valence-corrected chi connectivity index (χ2v) is 10.5. The zero-order chi connectivity index (χ0) is 27.5. The first-order valence-electron chi connectivity index (χ1n) is 13.8. The first-order valence-corrected chi connectivity index (χ1v) is 13.8. The Hall–Kier alpha value is -2.48. The summed E-state index contributed by atoms with van der Waals surface area (Å²) in [7, 11) is 6.69. The van der Waals surface area contributed by atoms with Gasteiger partial charge in [0.2, 0.25) is 0 Å². The highest BCUT2D eigenvalue weighted by Crippen LogP contribution is 2.48. The SMILES string of the molecule is COCCCOc1cc(CCCNCCC2(O)CCc3cc(OC)c(OC)cc3C2C(C)C)ccc1OC. The second-order valence-electron chi connectivity index (χ2n) is 10.5. The Kier molecular flexibility index (Phi) is 11.6. The molecule has 0 spiro atoms. The van der Waals surface area contributed by atoms with Crippen molar-refractivity contribution in [2.75, 3.05) is 54.7 Å². The number of nitrogens with one attached hydrogen (secondary N) is 1. The molecular weight excluding hydrogens is 482 g/mol. The average Bonchev–Trinajstić information content (AvgIpc) is 2.92. The molecule has 212 valence electrons. The fourth-order valence-electron chi connectivity index (χ4n) is 5.72. The Balaban J connectivity index is 1.52. The van der Waals surface area contributed by atoms with Crippen LogP contribution in [0.1, 0.15) is 62.1 Å². The van der Waals surface area contributed by atoms with E-state index in [0.29, 0.717) is 25.6 Å². The lowest BCUT2D eigenvalue weighted by Crippen LogP contribution is -2.45. The van der Waals surface area contributed by atoms with Crippen LogP contribution in [0.2, 0.25) is 0 Å². The van der Waals surface area contributed by atoms with Gasteiger partial charge in [0.15, 0.2) is 23.0 Å². The van der Waals surface area contributed by atoms with Crippen molar-refractivity contribution >= 4 is 0 Å². The van der Waals surface area contributed by atoms with Crippen LogP contribution in [0.15, 0.2) is 30.3 Å². The molecule has 2 N–H and O–H groups in total. The molecule has 2 aromatic carbocycles. The lowest BCUT2D eigenvalue weighted by molar-refractivity contribution is -0.0241. The van der Waals surface area contributed by atoms with Crippen LogP contribution in [0.25, 0.3) is 0 Å². The smallest absolute Gasteiger partial charge is 0.161 e. The lowest BCUT2D eigenvalue weighted by Gasteiger charge is -2.44. The molecule has 38 heavy (non-hydrogen) atoms. The quantitative estimate of drug-likeness (QED) is 0.291. The number of aryl methyl sites for hydroxylation is 2. The average molecular weight is 530 g/mol. The number of methoxy groups -OCH3 is 4. The second kappa shape index (κ2) is 14.6. The third-order valence-electron chi connectivity index (χ3n) is 7.59. The Morgan fingerprint density at radius 2 is 1.63 bits per heavy atom. The Morgan fingerprint density at radius 3 is 2.32 bits per heavy atom. The number of hydrogen-bond donors (Lipinski definition) is 2. The number of benzene rings is 2. The molecule has 0 amide bonds.